The minimum Gasteiger partial charge on any atom is -0.496 e. The lowest BCUT2D eigenvalue weighted by Gasteiger charge is -2.32. The number of ether oxygens (including phenoxy) is 1. The quantitative estimate of drug-likeness (QED) is 0.851. The first-order valence-electron chi connectivity index (χ1n) is 7.44. The lowest BCUT2D eigenvalue weighted by atomic mass is 10.0. The fourth-order valence-electron chi connectivity index (χ4n) is 2.87. The molecule has 1 aliphatic rings. The Morgan fingerprint density at radius 3 is 2.71 bits per heavy atom. The summed E-state index contributed by atoms with van der Waals surface area (Å²) in [5.41, 5.74) is 7.33. The Labute approximate surface area is 130 Å². The zero-order chi connectivity index (χ0) is 14.7. The predicted molar refractivity (Wildman–Crippen MR) is 87.7 cm³/mol. The number of methoxy groups -OCH3 is 1. The van der Waals surface area contributed by atoms with Crippen LogP contribution < -0.4 is 10.5 Å². The SMILES string of the molecule is COc1ccccc1C(CN)N(Cc1cccs1)C1CC1. The molecule has 2 N–H and O–H groups in total. The summed E-state index contributed by atoms with van der Waals surface area (Å²) in [6.45, 7) is 1.59. The van der Waals surface area contributed by atoms with Crippen LogP contribution >= 0.6 is 11.3 Å². The summed E-state index contributed by atoms with van der Waals surface area (Å²) >= 11 is 1.82. The minimum absolute atomic E-state index is 0.218. The molecule has 2 aromatic rings. The summed E-state index contributed by atoms with van der Waals surface area (Å²) in [5, 5.41) is 2.14. The number of nitrogens with zero attached hydrogens (tertiary/aromatic N) is 1. The first-order valence-corrected chi connectivity index (χ1v) is 8.32. The van der Waals surface area contributed by atoms with Crippen LogP contribution in [0.1, 0.15) is 29.3 Å². The standard InChI is InChI=1S/C17H22N2OS/c1-20-17-7-3-2-6-15(17)16(11-18)19(13-8-9-13)12-14-5-4-10-21-14/h2-7,10,13,16H,8-9,11-12,18H2,1H3. The number of rotatable bonds is 7. The fraction of sp³-hybridized carbons (Fsp3) is 0.412. The smallest absolute Gasteiger partial charge is 0.123 e. The van der Waals surface area contributed by atoms with Crippen molar-refractivity contribution in [3.05, 3.63) is 52.2 Å². The second-order valence-electron chi connectivity index (χ2n) is 5.48. The van der Waals surface area contributed by atoms with E-state index in [1.807, 2.05) is 23.5 Å². The second-order valence-corrected chi connectivity index (χ2v) is 6.51. The lowest BCUT2D eigenvalue weighted by molar-refractivity contribution is 0.180. The molecule has 0 bridgehead atoms. The highest BCUT2D eigenvalue weighted by Crippen LogP contribution is 2.38. The van der Waals surface area contributed by atoms with E-state index in [-0.39, 0.29) is 6.04 Å². The van der Waals surface area contributed by atoms with Gasteiger partial charge in [-0.2, -0.15) is 0 Å². The summed E-state index contributed by atoms with van der Waals surface area (Å²) in [5.74, 6) is 0.935. The van der Waals surface area contributed by atoms with Gasteiger partial charge in [0.25, 0.3) is 0 Å². The number of para-hydroxylation sites is 1. The summed E-state index contributed by atoms with van der Waals surface area (Å²) in [6.07, 6.45) is 2.55. The van der Waals surface area contributed by atoms with E-state index < -0.39 is 0 Å². The molecule has 1 heterocycles. The number of hydrogen-bond donors (Lipinski definition) is 1. The molecule has 0 spiro atoms. The Bertz CT molecular complexity index is 566. The molecule has 1 unspecified atom stereocenters. The van der Waals surface area contributed by atoms with Crippen molar-refractivity contribution in [2.24, 2.45) is 5.73 Å². The first-order chi connectivity index (χ1) is 10.3. The second kappa shape index (κ2) is 6.60. The molecule has 0 saturated heterocycles. The van der Waals surface area contributed by atoms with Gasteiger partial charge in [-0.05, 0) is 30.4 Å². The van der Waals surface area contributed by atoms with Crippen LogP contribution in [0.4, 0.5) is 0 Å². The molecule has 1 fully saturated rings. The van der Waals surface area contributed by atoms with Crippen molar-refractivity contribution in [1.29, 1.82) is 0 Å². The Morgan fingerprint density at radius 1 is 1.29 bits per heavy atom. The Hall–Kier alpha value is -1.36. The third kappa shape index (κ3) is 3.28. The summed E-state index contributed by atoms with van der Waals surface area (Å²) in [4.78, 5) is 3.94. The van der Waals surface area contributed by atoms with Gasteiger partial charge in [0.1, 0.15) is 5.75 Å². The van der Waals surface area contributed by atoms with E-state index in [4.69, 9.17) is 10.5 Å². The number of benzene rings is 1. The van der Waals surface area contributed by atoms with Crippen LogP contribution in [0.15, 0.2) is 41.8 Å². The van der Waals surface area contributed by atoms with Crippen LogP contribution in [0.5, 0.6) is 5.75 Å². The van der Waals surface area contributed by atoms with Crippen LogP contribution in [0.3, 0.4) is 0 Å². The molecule has 3 nitrogen and oxygen atoms in total. The average molecular weight is 302 g/mol. The third-order valence-electron chi connectivity index (χ3n) is 4.06. The zero-order valence-corrected chi connectivity index (χ0v) is 13.2. The topological polar surface area (TPSA) is 38.5 Å². The predicted octanol–water partition coefficient (Wildman–Crippen LogP) is 3.42. The summed E-state index contributed by atoms with van der Waals surface area (Å²) < 4.78 is 5.53. The Kier molecular flexibility index (Phi) is 4.58. The van der Waals surface area contributed by atoms with Crippen molar-refractivity contribution in [1.82, 2.24) is 4.90 Å². The van der Waals surface area contributed by atoms with E-state index in [0.29, 0.717) is 12.6 Å². The van der Waals surface area contributed by atoms with E-state index in [1.165, 1.54) is 23.3 Å². The van der Waals surface area contributed by atoms with E-state index >= 15 is 0 Å². The van der Waals surface area contributed by atoms with Gasteiger partial charge in [0.15, 0.2) is 0 Å². The molecule has 21 heavy (non-hydrogen) atoms. The summed E-state index contributed by atoms with van der Waals surface area (Å²) in [6, 6.07) is 13.4. The maximum Gasteiger partial charge on any atom is 0.123 e. The van der Waals surface area contributed by atoms with Crippen LogP contribution in [0.2, 0.25) is 0 Å². The highest BCUT2D eigenvalue weighted by molar-refractivity contribution is 7.09. The van der Waals surface area contributed by atoms with Gasteiger partial charge >= 0.3 is 0 Å². The molecule has 0 aliphatic heterocycles. The normalized spacial score (nSPS) is 16.1. The van der Waals surface area contributed by atoms with E-state index in [0.717, 1.165) is 12.3 Å². The van der Waals surface area contributed by atoms with Crippen molar-refractivity contribution in [2.45, 2.75) is 31.5 Å². The molecular weight excluding hydrogens is 280 g/mol. The molecule has 3 rings (SSSR count). The van der Waals surface area contributed by atoms with Crippen molar-refractivity contribution in [2.75, 3.05) is 13.7 Å². The number of hydrogen-bond acceptors (Lipinski definition) is 4. The van der Waals surface area contributed by atoms with Crippen LogP contribution in [-0.2, 0) is 6.54 Å². The Morgan fingerprint density at radius 2 is 2.10 bits per heavy atom. The maximum absolute atomic E-state index is 6.13. The highest BCUT2D eigenvalue weighted by Gasteiger charge is 2.35. The molecule has 1 aromatic carbocycles. The molecule has 1 saturated carbocycles. The fourth-order valence-corrected chi connectivity index (χ4v) is 3.58. The van der Waals surface area contributed by atoms with Gasteiger partial charge in [0.2, 0.25) is 0 Å². The molecule has 1 aromatic heterocycles. The van der Waals surface area contributed by atoms with Gasteiger partial charge in [-0.15, -0.1) is 11.3 Å². The van der Waals surface area contributed by atoms with Crippen LogP contribution in [-0.4, -0.2) is 24.6 Å². The lowest BCUT2D eigenvalue weighted by Crippen LogP contribution is -2.35. The van der Waals surface area contributed by atoms with Crippen molar-refractivity contribution in [3.8, 4) is 5.75 Å². The van der Waals surface area contributed by atoms with Gasteiger partial charge < -0.3 is 10.5 Å². The third-order valence-corrected chi connectivity index (χ3v) is 4.92. The molecule has 112 valence electrons. The van der Waals surface area contributed by atoms with Gasteiger partial charge in [0.05, 0.1) is 13.2 Å². The van der Waals surface area contributed by atoms with Crippen LogP contribution in [0, 0.1) is 0 Å². The monoisotopic (exact) mass is 302 g/mol. The van der Waals surface area contributed by atoms with Crippen molar-refractivity contribution in [3.63, 3.8) is 0 Å². The molecule has 0 radical (unpaired) electrons. The van der Waals surface area contributed by atoms with Crippen molar-refractivity contribution < 1.29 is 4.74 Å². The van der Waals surface area contributed by atoms with Gasteiger partial charge in [-0.1, -0.05) is 24.3 Å². The van der Waals surface area contributed by atoms with Crippen molar-refractivity contribution >= 4 is 11.3 Å². The van der Waals surface area contributed by atoms with E-state index in [2.05, 4.69) is 34.5 Å². The highest BCUT2D eigenvalue weighted by atomic mass is 32.1. The zero-order valence-electron chi connectivity index (χ0n) is 12.4. The average Bonchev–Trinajstić information content (AvgIpc) is 3.24. The Balaban J connectivity index is 1.88. The van der Waals surface area contributed by atoms with E-state index in [9.17, 15) is 0 Å². The minimum atomic E-state index is 0.218. The number of nitrogens with two attached hydrogens (primary N) is 1. The largest absolute Gasteiger partial charge is 0.496 e. The molecular formula is C17H22N2OS. The van der Waals surface area contributed by atoms with Gasteiger partial charge in [-0.3, -0.25) is 4.90 Å². The number of thiophene rings is 1. The molecule has 1 aliphatic carbocycles. The van der Waals surface area contributed by atoms with Crippen LogP contribution in [0.25, 0.3) is 0 Å². The van der Waals surface area contributed by atoms with E-state index in [1.54, 1.807) is 7.11 Å². The first kappa shape index (κ1) is 14.6. The molecule has 0 amide bonds. The maximum atomic E-state index is 6.13. The summed E-state index contributed by atoms with van der Waals surface area (Å²) in [7, 11) is 1.73. The molecule has 4 heteroatoms. The van der Waals surface area contributed by atoms with Gasteiger partial charge in [-0.25, -0.2) is 0 Å². The van der Waals surface area contributed by atoms with Gasteiger partial charge in [0, 0.05) is 29.6 Å². The molecule has 1 atom stereocenters.